The fourth-order valence-electron chi connectivity index (χ4n) is 3.96. The minimum atomic E-state index is 0.572. The maximum Gasteiger partial charge on any atom is 0.118 e. The molecule has 0 N–H and O–H groups in total. The first kappa shape index (κ1) is 17.7. The molecule has 134 valence electrons. The summed E-state index contributed by atoms with van der Waals surface area (Å²) in [5.74, 6) is 0.950. The van der Waals surface area contributed by atoms with E-state index in [9.17, 15) is 0 Å². The zero-order chi connectivity index (χ0) is 16.6. The lowest BCUT2D eigenvalue weighted by atomic mass is 10.0. The number of rotatable bonds is 6. The molecule has 0 bridgehead atoms. The molecule has 0 aromatic heterocycles. The van der Waals surface area contributed by atoms with Gasteiger partial charge in [0.25, 0.3) is 0 Å². The van der Waals surface area contributed by atoms with Gasteiger partial charge in [-0.15, -0.1) is 0 Å². The summed E-state index contributed by atoms with van der Waals surface area (Å²) in [7, 11) is 1.73. The summed E-state index contributed by atoms with van der Waals surface area (Å²) in [5.41, 5.74) is 1.45. The molecule has 0 saturated carbocycles. The standard InChI is InChI=1S/C20H32N2O2/c1-23-19-9-7-18(8-10-19)20-6-3-2-4-12-22(20)13-5-11-21-14-16-24-17-15-21/h7-10,20H,2-6,11-17H2,1H3. The number of hydrogen-bond acceptors (Lipinski definition) is 4. The van der Waals surface area contributed by atoms with Crippen LogP contribution in [0.3, 0.4) is 0 Å². The lowest BCUT2D eigenvalue weighted by molar-refractivity contribution is 0.0354. The van der Waals surface area contributed by atoms with Gasteiger partial charge < -0.3 is 9.47 Å². The molecule has 0 amide bonds. The lowest BCUT2D eigenvalue weighted by Crippen LogP contribution is -2.38. The summed E-state index contributed by atoms with van der Waals surface area (Å²) < 4.78 is 10.8. The summed E-state index contributed by atoms with van der Waals surface area (Å²) in [6, 6.07) is 9.29. The Balaban J connectivity index is 1.56. The maximum absolute atomic E-state index is 5.44. The van der Waals surface area contributed by atoms with Crippen molar-refractivity contribution in [2.45, 2.75) is 38.1 Å². The van der Waals surface area contributed by atoms with Crippen molar-refractivity contribution < 1.29 is 9.47 Å². The van der Waals surface area contributed by atoms with Crippen LogP contribution in [0.4, 0.5) is 0 Å². The van der Waals surface area contributed by atoms with Crippen LogP contribution < -0.4 is 4.74 Å². The van der Waals surface area contributed by atoms with Gasteiger partial charge in [0.1, 0.15) is 5.75 Å². The first-order valence-electron chi connectivity index (χ1n) is 9.55. The van der Waals surface area contributed by atoms with Crippen molar-refractivity contribution in [1.82, 2.24) is 9.80 Å². The van der Waals surface area contributed by atoms with Gasteiger partial charge in [0.2, 0.25) is 0 Å². The Hall–Kier alpha value is -1.10. The second-order valence-corrected chi connectivity index (χ2v) is 6.98. The Morgan fingerprint density at radius 3 is 2.54 bits per heavy atom. The van der Waals surface area contributed by atoms with Crippen LogP contribution in [0.15, 0.2) is 24.3 Å². The van der Waals surface area contributed by atoms with E-state index < -0.39 is 0 Å². The molecule has 2 aliphatic heterocycles. The predicted octanol–water partition coefficient (Wildman–Crippen LogP) is 3.33. The summed E-state index contributed by atoms with van der Waals surface area (Å²) in [6.07, 6.45) is 6.59. The van der Waals surface area contributed by atoms with Gasteiger partial charge in [0, 0.05) is 19.1 Å². The first-order valence-corrected chi connectivity index (χ1v) is 9.55. The van der Waals surface area contributed by atoms with Crippen LogP contribution in [0.2, 0.25) is 0 Å². The van der Waals surface area contributed by atoms with Gasteiger partial charge in [-0.1, -0.05) is 25.0 Å². The van der Waals surface area contributed by atoms with Crippen LogP contribution in [0.1, 0.15) is 43.7 Å². The van der Waals surface area contributed by atoms with Crippen molar-refractivity contribution in [3.05, 3.63) is 29.8 Å². The van der Waals surface area contributed by atoms with Gasteiger partial charge in [0.05, 0.1) is 20.3 Å². The van der Waals surface area contributed by atoms with Crippen LogP contribution in [0, 0.1) is 0 Å². The summed E-state index contributed by atoms with van der Waals surface area (Å²) >= 11 is 0. The Morgan fingerprint density at radius 2 is 1.79 bits per heavy atom. The highest BCUT2D eigenvalue weighted by Crippen LogP contribution is 2.31. The molecule has 4 nitrogen and oxygen atoms in total. The molecule has 0 aliphatic carbocycles. The molecular weight excluding hydrogens is 300 g/mol. The molecule has 2 heterocycles. The number of morpholine rings is 1. The van der Waals surface area contributed by atoms with E-state index >= 15 is 0 Å². The van der Waals surface area contributed by atoms with E-state index in [4.69, 9.17) is 9.47 Å². The lowest BCUT2D eigenvalue weighted by Gasteiger charge is -2.32. The van der Waals surface area contributed by atoms with E-state index in [1.807, 2.05) is 0 Å². The van der Waals surface area contributed by atoms with Crippen molar-refractivity contribution in [3.8, 4) is 5.75 Å². The number of nitrogens with zero attached hydrogens (tertiary/aromatic N) is 2. The Labute approximate surface area is 146 Å². The molecular formula is C20H32N2O2. The summed E-state index contributed by atoms with van der Waals surface area (Å²) in [4.78, 5) is 5.26. The molecule has 2 saturated heterocycles. The third-order valence-electron chi connectivity index (χ3n) is 5.39. The summed E-state index contributed by atoms with van der Waals surface area (Å²) in [6.45, 7) is 7.64. The number of likely N-dealkylation sites (tertiary alicyclic amines) is 1. The van der Waals surface area contributed by atoms with Gasteiger partial charge in [0.15, 0.2) is 0 Å². The van der Waals surface area contributed by atoms with E-state index in [0.29, 0.717) is 6.04 Å². The number of hydrogen-bond donors (Lipinski definition) is 0. The largest absolute Gasteiger partial charge is 0.497 e. The van der Waals surface area contributed by atoms with Crippen molar-refractivity contribution >= 4 is 0 Å². The second-order valence-electron chi connectivity index (χ2n) is 6.98. The zero-order valence-electron chi connectivity index (χ0n) is 15.1. The van der Waals surface area contributed by atoms with Crippen LogP contribution in [-0.4, -0.2) is 62.8 Å². The van der Waals surface area contributed by atoms with Crippen LogP contribution in [-0.2, 0) is 4.74 Å². The van der Waals surface area contributed by atoms with Crippen molar-refractivity contribution in [2.24, 2.45) is 0 Å². The topological polar surface area (TPSA) is 24.9 Å². The van der Waals surface area contributed by atoms with Gasteiger partial charge in [-0.2, -0.15) is 0 Å². The molecule has 24 heavy (non-hydrogen) atoms. The third-order valence-corrected chi connectivity index (χ3v) is 5.39. The quantitative estimate of drug-likeness (QED) is 0.798. The van der Waals surface area contributed by atoms with Gasteiger partial charge in [-0.3, -0.25) is 9.80 Å². The fourth-order valence-corrected chi connectivity index (χ4v) is 3.96. The van der Waals surface area contributed by atoms with Gasteiger partial charge >= 0.3 is 0 Å². The number of ether oxygens (including phenoxy) is 2. The predicted molar refractivity (Wildman–Crippen MR) is 97.7 cm³/mol. The Morgan fingerprint density at radius 1 is 1.00 bits per heavy atom. The molecule has 2 aliphatic rings. The molecule has 0 radical (unpaired) electrons. The molecule has 1 atom stereocenters. The summed E-state index contributed by atoms with van der Waals surface area (Å²) in [5, 5.41) is 0. The fraction of sp³-hybridized carbons (Fsp3) is 0.700. The van der Waals surface area contributed by atoms with E-state index in [1.165, 1.54) is 57.3 Å². The van der Waals surface area contributed by atoms with Gasteiger partial charge in [-0.05, 0) is 56.6 Å². The average Bonchev–Trinajstić information content (AvgIpc) is 2.88. The van der Waals surface area contributed by atoms with Crippen molar-refractivity contribution in [3.63, 3.8) is 0 Å². The highest BCUT2D eigenvalue weighted by atomic mass is 16.5. The molecule has 3 rings (SSSR count). The van der Waals surface area contributed by atoms with E-state index in [0.717, 1.165) is 32.1 Å². The van der Waals surface area contributed by atoms with Gasteiger partial charge in [-0.25, -0.2) is 0 Å². The normalized spacial score (nSPS) is 23.8. The van der Waals surface area contributed by atoms with Crippen LogP contribution in [0.25, 0.3) is 0 Å². The van der Waals surface area contributed by atoms with E-state index in [1.54, 1.807) is 7.11 Å². The van der Waals surface area contributed by atoms with Crippen LogP contribution in [0.5, 0.6) is 5.75 Å². The minimum absolute atomic E-state index is 0.572. The van der Waals surface area contributed by atoms with Crippen molar-refractivity contribution in [2.75, 3.05) is 53.0 Å². The maximum atomic E-state index is 5.44. The smallest absolute Gasteiger partial charge is 0.118 e. The number of methoxy groups -OCH3 is 1. The first-order chi connectivity index (χ1) is 11.9. The Kier molecular flexibility index (Phi) is 6.94. The van der Waals surface area contributed by atoms with E-state index in [2.05, 4.69) is 34.1 Å². The molecule has 1 aromatic carbocycles. The third kappa shape index (κ3) is 4.95. The second kappa shape index (κ2) is 9.40. The minimum Gasteiger partial charge on any atom is -0.497 e. The number of benzene rings is 1. The molecule has 4 heteroatoms. The Bertz CT molecular complexity index is 471. The van der Waals surface area contributed by atoms with Crippen LogP contribution >= 0.6 is 0 Å². The van der Waals surface area contributed by atoms with E-state index in [-0.39, 0.29) is 0 Å². The molecule has 1 unspecified atom stereocenters. The molecule has 1 aromatic rings. The molecule has 2 fully saturated rings. The average molecular weight is 332 g/mol. The SMILES string of the molecule is COc1ccc(C2CCCCCN2CCCN2CCOCC2)cc1. The highest BCUT2D eigenvalue weighted by Gasteiger charge is 2.22. The zero-order valence-corrected chi connectivity index (χ0v) is 15.1. The van der Waals surface area contributed by atoms with Crippen molar-refractivity contribution in [1.29, 1.82) is 0 Å². The molecule has 0 spiro atoms. The monoisotopic (exact) mass is 332 g/mol. The highest BCUT2D eigenvalue weighted by molar-refractivity contribution is 5.29.